The molecule has 0 aliphatic heterocycles. The van der Waals surface area contributed by atoms with E-state index < -0.39 is 15.6 Å². The third-order valence-corrected chi connectivity index (χ3v) is 6.21. The molecule has 154 valence electrons. The quantitative estimate of drug-likeness (QED) is 0.602. The lowest BCUT2D eigenvalue weighted by molar-refractivity contribution is 0.0942. The SMILES string of the molecule is CCC(N)(CC)CNC(=O)c1ccc(S(=O)(=O)Nc2ccccc2C)cc1.Cl. The summed E-state index contributed by atoms with van der Waals surface area (Å²) < 4.78 is 27.7. The summed E-state index contributed by atoms with van der Waals surface area (Å²) in [6, 6.07) is 13.0. The van der Waals surface area contributed by atoms with E-state index in [0.29, 0.717) is 17.8 Å². The van der Waals surface area contributed by atoms with E-state index in [2.05, 4.69) is 10.0 Å². The molecule has 0 aliphatic carbocycles. The van der Waals surface area contributed by atoms with E-state index in [1.54, 1.807) is 12.1 Å². The van der Waals surface area contributed by atoms with Crippen LogP contribution in [0.2, 0.25) is 0 Å². The number of hydrogen-bond donors (Lipinski definition) is 3. The van der Waals surface area contributed by atoms with Gasteiger partial charge in [-0.3, -0.25) is 9.52 Å². The minimum atomic E-state index is -3.72. The minimum Gasteiger partial charge on any atom is -0.350 e. The van der Waals surface area contributed by atoms with Gasteiger partial charge in [-0.05, 0) is 55.7 Å². The molecule has 8 heteroatoms. The maximum absolute atomic E-state index is 12.5. The summed E-state index contributed by atoms with van der Waals surface area (Å²) >= 11 is 0. The molecule has 0 aliphatic rings. The molecule has 0 fully saturated rings. The Morgan fingerprint density at radius 1 is 1.04 bits per heavy atom. The Bertz CT molecular complexity index is 895. The fraction of sp³-hybridized carbons (Fsp3) is 0.350. The number of benzene rings is 2. The molecule has 0 saturated heterocycles. The first-order valence-electron chi connectivity index (χ1n) is 8.96. The zero-order valence-corrected chi connectivity index (χ0v) is 18.0. The predicted octanol–water partition coefficient (Wildman–Crippen LogP) is 3.46. The monoisotopic (exact) mass is 425 g/mol. The standard InChI is InChI=1S/C20H27N3O3S.ClH/c1-4-20(21,5-2)14-22-19(24)16-10-12-17(13-11-16)27(25,26)23-18-9-7-6-8-15(18)3;/h6-13,23H,4-5,14,21H2,1-3H3,(H,22,24);1H. The highest BCUT2D eigenvalue weighted by atomic mass is 35.5. The smallest absolute Gasteiger partial charge is 0.261 e. The molecule has 2 aromatic rings. The number of amides is 1. The molecule has 2 aromatic carbocycles. The van der Waals surface area contributed by atoms with E-state index in [-0.39, 0.29) is 23.2 Å². The summed E-state index contributed by atoms with van der Waals surface area (Å²) in [6.07, 6.45) is 1.51. The predicted molar refractivity (Wildman–Crippen MR) is 116 cm³/mol. The van der Waals surface area contributed by atoms with Crippen molar-refractivity contribution in [2.45, 2.75) is 44.0 Å². The number of sulfonamides is 1. The van der Waals surface area contributed by atoms with Gasteiger partial charge in [-0.15, -0.1) is 12.4 Å². The zero-order valence-electron chi connectivity index (χ0n) is 16.4. The van der Waals surface area contributed by atoms with Crippen molar-refractivity contribution < 1.29 is 13.2 Å². The van der Waals surface area contributed by atoms with Crippen LogP contribution in [-0.4, -0.2) is 26.4 Å². The summed E-state index contributed by atoms with van der Waals surface area (Å²) in [6.45, 7) is 6.16. The second-order valence-electron chi connectivity index (χ2n) is 6.70. The summed E-state index contributed by atoms with van der Waals surface area (Å²) in [5, 5.41) is 2.82. The average Bonchev–Trinajstić information content (AvgIpc) is 2.67. The Hall–Kier alpha value is -2.09. The van der Waals surface area contributed by atoms with Crippen LogP contribution in [0.4, 0.5) is 5.69 Å². The number of nitrogens with one attached hydrogen (secondary N) is 2. The molecule has 6 nitrogen and oxygen atoms in total. The van der Waals surface area contributed by atoms with Crippen molar-refractivity contribution in [3.8, 4) is 0 Å². The average molecular weight is 426 g/mol. The van der Waals surface area contributed by atoms with Crippen LogP contribution in [0.3, 0.4) is 0 Å². The molecule has 2 rings (SSSR count). The molecule has 0 radical (unpaired) electrons. The van der Waals surface area contributed by atoms with Crippen LogP contribution in [0, 0.1) is 6.92 Å². The Morgan fingerprint density at radius 2 is 1.61 bits per heavy atom. The lowest BCUT2D eigenvalue weighted by Gasteiger charge is -2.26. The third-order valence-electron chi connectivity index (χ3n) is 4.83. The van der Waals surface area contributed by atoms with Gasteiger partial charge < -0.3 is 11.1 Å². The number of halogens is 1. The van der Waals surface area contributed by atoms with Crippen molar-refractivity contribution in [3.63, 3.8) is 0 Å². The number of carbonyl (C=O) groups excluding carboxylic acids is 1. The Balaban J connectivity index is 0.00000392. The number of hydrogen-bond acceptors (Lipinski definition) is 4. The second-order valence-corrected chi connectivity index (χ2v) is 8.38. The fourth-order valence-electron chi connectivity index (χ4n) is 2.53. The molecule has 0 atom stereocenters. The van der Waals surface area contributed by atoms with Crippen LogP contribution in [0.1, 0.15) is 42.6 Å². The van der Waals surface area contributed by atoms with Crippen molar-refractivity contribution in [1.29, 1.82) is 0 Å². The van der Waals surface area contributed by atoms with E-state index in [1.165, 1.54) is 24.3 Å². The number of carbonyl (C=O) groups is 1. The van der Waals surface area contributed by atoms with Gasteiger partial charge in [0.15, 0.2) is 0 Å². The van der Waals surface area contributed by atoms with Gasteiger partial charge in [0.2, 0.25) is 0 Å². The molecule has 4 N–H and O–H groups in total. The van der Waals surface area contributed by atoms with Crippen LogP contribution in [0.25, 0.3) is 0 Å². The van der Waals surface area contributed by atoms with Crippen LogP contribution in [0.5, 0.6) is 0 Å². The maximum Gasteiger partial charge on any atom is 0.261 e. The van der Waals surface area contributed by atoms with Crippen molar-refractivity contribution in [2.24, 2.45) is 5.73 Å². The molecule has 0 heterocycles. The molecule has 0 spiro atoms. The van der Waals surface area contributed by atoms with E-state index in [1.807, 2.05) is 32.9 Å². The molecular weight excluding hydrogens is 398 g/mol. The van der Waals surface area contributed by atoms with Crippen LogP contribution < -0.4 is 15.8 Å². The van der Waals surface area contributed by atoms with Crippen molar-refractivity contribution >= 4 is 34.0 Å². The zero-order chi connectivity index (χ0) is 20.1. The van der Waals surface area contributed by atoms with Gasteiger partial charge in [0.1, 0.15) is 0 Å². The van der Waals surface area contributed by atoms with Gasteiger partial charge in [0, 0.05) is 17.6 Å². The van der Waals surface area contributed by atoms with Crippen molar-refractivity contribution in [1.82, 2.24) is 5.32 Å². The molecule has 1 amide bonds. The van der Waals surface area contributed by atoms with Gasteiger partial charge in [-0.2, -0.15) is 0 Å². The number of para-hydroxylation sites is 1. The highest BCUT2D eigenvalue weighted by Crippen LogP contribution is 2.19. The van der Waals surface area contributed by atoms with Crippen LogP contribution in [-0.2, 0) is 10.0 Å². The Kier molecular flexibility index (Phi) is 8.48. The third kappa shape index (κ3) is 5.95. The first-order chi connectivity index (χ1) is 12.7. The van der Waals surface area contributed by atoms with Crippen LogP contribution in [0.15, 0.2) is 53.4 Å². The van der Waals surface area contributed by atoms with Gasteiger partial charge in [-0.25, -0.2) is 8.42 Å². The number of aryl methyl sites for hydroxylation is 1. The molecular formula is C20H28ClN3O3S. The molecule has 0 bridgehead atoms. The van der Waals surface area contributed by atoms with Crippen LogP contribution >= 0.6 is 12.4 Å². The maximum atomic E-state index is 12.5. The topological polar surface area (TPSA) is 101 Å². The van der Waals surface area contributed by atoms with E-state index in [9.17, 15) is 13.2 Å². The van der Waals surface area contributed by atoms with Gasteiger partial charge in [0.05, 0.1) is 10.6 Å². The largest absolute Gasteiger partial charge is 0.350 e. The number of nitrogens with two attached hydrogens (primary N) is 1. The lowest BCUT2D eigenvalue weighted by atomic mass is 9.94. The highest BCUT2D eigenvalue weighted by Gasteiger charge is 2.21. The summed E-state index contributed by atoms with van der Waals surface area (Å²) in [7, 11) is -3.72. The van der Waals surface area contributed by atoms with Crippen molar-refractivity contribution in [2.75, 3.05) is 11.3 Å². The molecule has 0 saturated carbocycles. The lowest BCUT2D eigenvalue weighted by Crippen LogP contribution is -2.49. The van der Waals surface area contributed by atoms with E-state index in [0.717, 1.165) is 18.4 Å². The second kappa shape index (κ2) is 9.91. The molecule has 28 heavy (non-hydrogen) atoms. The van der Waals surface area contributed by atoms with Gasteiger partial charge in [0.25, 0.3) is 15.9 Å². The van der Waals surface area contributed by atoms with Crippen molar-refractivity contribution in [3.05, 3.63) is 59.7 Å². The fourth-order valence-corrected chi connectivity index (χ4v) is 3.67. The summed E-state index contributed by atoms with van der Waals surface area (Å²) in [5.41, 5.74) is 7.50. The molecule has 0 unspecified atom stereocenters. The van der Waals surface area contributed by atoms with Gasteiger partial charge >= 0.3 is 0 Å². The summed E-state index contributed by atoms with van der Waals surface area (Å²) in [4.78, 5) is 12.4. The van der Waals surface area contributed by atoms with E-state index >= 15 is 0 Å². The normalized spacial score (nSPS) is 11.4. The van der Waals surface area contributed by atoms with Gasteiger partial charge in [-0.1, -0.05) is 32.0 Å². The minimum absolute atomic E-state index is 0. The molecule has 0 aromatic heterocycles. The first kappa shape index (κ1) is 23.9. The summed E-state index contributed by atoms with van der Waals surface area (Å²) in [5.74, 6) is -0.275. The van der Waals surface area contributed by atoms with E-state index in [4.69, 9.17) is 5.73 Å². The highest BCUT2D eigenvalue weighted by molar-refractivity contribution is 7.92. The number of rotatable bonds is 8. The number of anilines is 1. The Labute approximate surface area is 173 Å². The Morgan fingerprint density at radius 3 is 2.14 bits per heavy atom. The first-order valence-corrected chi connectivity index (χ1v) is 10.4.